The molecular weight excluding hydrogens is 342 g/mol. The number of hydrogen-bond acceptors (Lipinski definition) is 7. The Balaban J connectivity index is 1.89. The maximum Gasteiger partial charge on any atom is 0.303 e. The summed E-state index contributed by atoms with van der Waals surface area (Å²) in [5, 5.41) is 2.68. The molecule has 1 N–H and O–H groups in total. The van der Waals surface area contributed by atoms with E-state index in [1.54, 1.807) is 0 Å². The van der Waals surface area contributed by atoms with Gasteiger partial charge in [-0.3, -0.25) is 14.4 Å². The summed E-state index contributed by atoms with van der Waals surface area (Å²) in [6, 6.07) is 8.51. The zero-order valence-electron chi connectivity index (χ0n) is 14.7. The predicted octanol–water partition coefficient (Wildman–Crippen LogP) is 0.851. The van der Waals surface area contributed by atoms with Crippen molar-refractivity contribution in [2.24, 2.45) is 0 Å². The van der Waals surface area contributed by atoms with Gasteiger partial charge >= 0.3 is 11.9 Å². The first-order chi connectivity index (χ1) is 12.4. The average Bonchev–Trinajstić information content (AvgIpc) is 3.09. The van der Waals surface area contributed by atoms with Crippen LogP contribution in [0.3, 0.4) is 0 Å². The SMILES string of the molecule is CC(=O)NC1[C@H](OC(C)=O)[C@@H]2OC(c3ccccc3)O[C@@H]2[C@H]1OC(C)=O. The van der Waals surface area contributed by atoms with Gasteiger partial charge in [0.25, 0.3) is 0 Å². The molecule has 1 saturated carbocycles. The Hall–Kier alpha value is -2.45. The molecule has 0 spiro atoms. The second-order valence-corrected chi connectivity index (χ2v) is 6.32. The fourth-order valence-electron chi connectivity index (χ4n) is 3.43. The van der Waals surface area contributed by atoms with Crippen molar-refractivity contribution in [3.8, 4) is 0 Å². The Morgan fingerprint density at radius 3 is 1.81 bits per heavy atom. The third-order valence-corrected chi connectivity index (χ3v) is 4.29. The van der Waals surface area contributed by atoms with Gasteiger partial charge in [0.1, 0.15) is 18.2 Å². The Kier molecular flexibility index (Phi) is 5.24. The monoisotopic (exact) mass is 363 g/mol. The molecule has 1 heterocycles. The van der Waals surface area contributed by atoms with E-state index in [2.05, 4.69) is 5.32 Å². The number of esters is 2. The van der Waals surface area contributed by atoms with Crippen LogP contribution in [0.2, 0.25) is 0 Å². The van der Waals surface area contributed by atoms with Gasteiger partial charge in [0.05, 0.1) is 0 Å². The highest BCUT2D eigenvalue weighted by atomic mass is 16.8. The predicted molar refractivity (Wildman–Crippen MR) is 87.6 cm³/mol. The zero-order valence-corrected chi connectivity index (χ0v) is 14.7. The number of nitrogens with one attached hydrogen (secondary N) is 1. The van der Waals surface area contributed by atoms with Gasteiger partial charge < -0.3 is 24.3 Å². The second kappa shape index (κ2) is 7.43. The maximum absolute atomic E-state index is 11.6. The lowest BCUT2D eigenvalue weighted by Gasteiger charge is -2.28. The van der Waals surface area contributed by atoms with E-state index in [1.807, 2.05) is 30.3 Å². The Labute approximate surface area is 150 Å². The van der Waals surface area contributed by atoms with Gasteiger partial charge in [-0.1, -0.05) is 30.3 Å². The molecule has 3 rings (SSSR count). The van der Waals surface area contributed by atoms with Gasteiger partial charge in [0, 0.05) is 26.3 Å². The molecule has 8 nitrogen and oxygen atoms in total. The highest BCUT2D eigenvalue weighted by molar-refractivity contribution is 5.74. The van der Waals surface area contributed by atoms with Gasteiger partial charge in [-0.15, -0.1) is 0 Å². The third kappa shape index (κ3) is 3.71. The number of rotatable bonds is 4. The standard InChI is InChI=1S/C18H21NO7/c1-9(20)19-13-14(23-10(2)21)16-17(15(13)24-11(3)22)26-18(25-16)12-7-5-4-6-8-12/h4-8,13-18H,1-3H3,(H,19,20)/t13?,14-,15-,16-,17+,18?/m0/s1. The number of benzene rings is 1. The highest BCUT2D eigenvalue weighted by Gasteiger charge is 2.61. The van der Waals surface area contributed by atoms with E-state index < -0.39 is 48.7 Å². The topological polar surface area (TPSA) is 100 Å². The molecule has 140 valence electrons. The summed E-state index contributed by atoms with van der Waals surface area (Å²) in [5.74, 6) is -1.40. The van der Waals surface area contributed by atoms with Crippen molar-refractivity contribution < 1.29 is 33.3 Å². The first kappa shape index (κ1) is 18.3. The Bertz CT molecular complexity index is 660. The van der Waals surface area contributed by atoms with Crippen molar-refractivity contribution in [1.82, 2.24) is 5.32 Å². The largest absolute Gasteiger partial charge is 0.457 e. The van der Waals surface area contributed by atoms with Crippen molar-refractivity contribution in [2.45, 2.75) is 57.5 Å². The van der Waals surface area contributed by atoms with Gasteiger partial charge in [-0.2, -0.15) is 0 Å². The molecule has 1 aromatic rings. The van der Waals surface area contributed by atoms with E-state index in [-0.39, 0.29) is 5.91 Å². The molecule has 6 atom stereocenters. The van der Waals surface area contributed by atoms with E-state index in [0.29, 0.717) is 0 Å². The van der Waals surface area contributed by atoms with Crippen LogP contribution in [-0.2, 0) is 33.3 Å². The minimum atomic E-state index is -0.834. The van der Waals surface area contributed by atoms with Crippen LogP contribution < -0.4 is 5.32 Å². The van der Waals surface area contributed by atoms with Crippen molar-refractivity contribution in [2.75, 3.05) is 0 Å². The smallest absolute Gasteiger partial charge is 0.303 e. The maximum atomic E-state index is 11.6. The molecule has 26 heavy (non-hydrogen) atoms. The van der Waals surface area contributed by atoms with Gasteiger partial charge in [-0.25, -0.2) is 0 Å². The molecule has 0 aromatic heterocycles. The molecule has 0 radical (unpaired) electrons. The molecule has 1 aliphatic carbocycles. The van der Waals surface area contributed by atoms with Crippen LogP contribution in [0.15, 0.2) is 30.3 Å². The Morgan fingerprint density at radius 1 is 0.885 bits per heavy atom. The molecular formula is C18H21NO7. The molecule has 1 aliphatic heterocycles. The van der Waals surface area contributed by atoms with E-state index in [4.69, 9.17) is 18.9 Å². The van der Waals surface area contributed by atoms with Crippen molar-refractivity contribution >= 4 is 17.8 Å². The lowest BCUT2D eigenvalue weighted by molar-refractivity contribution is -0.167. The average molecular weight is 363 g/mol. The molecule has 8 heteroatoms. The van der Waals surface area contributed by atoms with Crippen LogP contribution in [0.4, 0.5) is 0 Å². The van der Waals surface area contributed by atoms with Crippen LogP contribution >= 0.6 is 0 Å². The van der Waals surface area contributed by atoms with Crippen molar-refractivity contribution in [1.29, 1.82) is 0 Å². The van der Waals surface area contributed by atoms with Crippen LogP contribution in [0.5, 0.6) is 0 Å². The zero-order chi connectivity index (χ0) is 18.8. The van der Waals surface area contributed by atoms with Crippen LogP contribution in [0.25, 0.3) is 0 Å². The summed E-state index contributed by atoms with van der Waals surface area (Å²) in [4.78, 5) is 34.7. The second-order valence-electron chi connectivity index (χ2n) is 6.32. The summed E-state index contributed by atoms with van der Waals surface area (Å²) >= 11 is 0. The number of amides is 1. The third-order valence-electron chi connectivity index (χ3n) is 4.29. The Morgan fingerprint density at radius 2 is 1.38 bits per heavy atom. The fraction of sp³-hybridized carbons (Fsp3) is 0.500. The van der Waals surface area contributed by atoms with E-state index in [0.717, 1.165) is 5.56 Å². The van der Waals surface area contributed by atoms with Gasteiger partial charge in [0.15, 0.2) is 18.5 Å². The van der Waals surface area contributed by atoms with Crippen LogP contribution in [0.1, 0.15) is 32.6 Å². The summed E-state index contributed by atoms with van der Waals surface area (Å²) < 4.78 is 22.7. The molecule has 0 bridgehead atoms. The number of fused-ring (bicyclic) bond motifs is 1. The lowest BCUT2D eigenvalue weighted by Crippen LogP contribution is -2.50. The first-order valence-electron chi connectivity index (χ1n) is 8.34. The summed E-state index contributed by atoms with van der Waals surface area (Å²) in [6.45, 7) is 3.87. The molecule has 2 aliphatic rings. The van der Waals surface area contributed by atoms with Crippen molar-refractivity contribution in [3.05, 3.63) is 35.9 Å². The van der Waals surface area contributed by atoms with E-state index in [1.165, 1.54) is 20.8 Å². The minimum Gasteiger partial charge on any atom is -0.457 e. The number of carbonyl (C=O) groups is 3. The lowest BCUT2D eigenvalue weighted by atomic mass is 10.1. The van der Waals surface area contributed by atoms with Crippen molar-refractivity contribution in [3.63, 3.8) is 0 Å². The van der Waals surface area contributed by atoms with Gasteiger partial charge in [0.2, 0.25) is 5.91 Å². The molecule has 2 unspecified atom stereocenters. The van der Waals surface area contributed by atoms with Crippen LogP contribution in [0, 0.1) is 0 Å². The number of hydrogen-bond donors (Lipinski definition) is 1. The minimum absolute atomic E-state index is 0.344. The summed E-state index contributed by atoms with van der Waals surface area (Å²) in [6.07, 6.45) is -3.70. The molecule has 1 amide bonds. The normalized spacial score (nSPS) is 28.4. The summed E-state index contributed by atoms with van der Waals surface area (Å²) in [7, 11) is 0. The number of ether oxygens (including phenoxy) is 4. The highest BCUT2D eigenvalue weighted by Crippen LogP contribution is 2.42. The fourth-order valence-corrected chi connectivity index (χ4v) is 3.43. The molecule has 1 saturated heterocycles. The molecule has 2 fully saturated rings. The first-order valence-corrected chi connectivity index (χ1v) is 8.34. The van der Waals surface area contributed by atoms with E-state index in [9.17, 15) is 14.4 Å². The number of carbonyl (C=O) groups excluding carboxylic acids is 3. The van der Waals surface area contributed by atoms with Crippen LogP contribution in [-0.4, -0.2) is 48.3 Å². The molecule has 1 aromatic carbocycles. The van der Waals surface area contributed by atoms with Gasteiger partial charge in [-0.05, 0) is 0 Å². The summed E-state index contributed by atoms with van der Waals surface area (Å²) in [5.41, 5.74) is 0.793. The van der Waals surface area contributed by atoms with E-state index >= 15 is 0 Å². The quantitative estimate of drug-likeness (QED) is 0.792.